The van der Waals surface area contributed by atoms with Crippen molar-refractivity contribution < 1.29 is 9.53 Å². The molecule has 5 nitrogen and oxygen atoms in total. The molecule has 1 aliphatic heterocycles. The summed E-state index contributed by atoms with van der Waals surface area (Å²) in [6.07, 6.45) is 6.28. The molecular formula is C16H21N3O2. The van der Waals surface area contributed by atoms with Crippen molar-refractivity contribution in [2.75, 3.05) is 6.61 Å². The molecule has 2 atom stereocenters. The predicted octanol–water partition coefficient (Wildman–Crippen LogP) is 2.01. The van der Waals surface area contributed by atoms with Crippen LogP contribution in [0.5, 0.6) is 0 Å². The largest absolute Gasteiger partial charge is 0.368 e. The Morgan fingerprint density at radius 2 is 2.38 bits per heavy atom. The number of nitrogens with zero attached hydrogens (tertiary/aromatic N) is 2. The van der Waals surface area contributed by atoms with Gasteiger partial charge < -0.3 is 14.5 Å². The average molecular weight is 287 g/mol. The Kier molecular flexibility index (Phi) is 3.92. The smallest absolute Gasteiger partial charge is 0.249 e. The van der Waals surface area contributed by atoms with Crippen LogP contribution >= 0.6 is 0 Å². The lowest BCUT2D eigenvalue weighted by molar-refractivity contribution is -0.132. The first-order valence-electron chi connectivity index (χ1n) is 7.46. The molecule has 112 valence electrons. The minimum Gasteiger partial charge on any atom is -0.368 e. The maximum Gasteiger partial charge on any atom is 0.249 e. The molecule has 1 amide bonds. The van der Waals surface area contributed by atoms with E-state index in [0.717, 1.165) is 17.6 Å². The minimum absolute atomic E-state index is 0.00517. The maximum atomic E-state index is 12.3. The summed E-state index contributed by atoms with van der Waals surface area (Å²) in [5.74, 6) is 0.777. The van der Waals surface area contributed by atoms with Crippen molar-refractivity contribution in [3.05, 3.63) is 36.3 Å². The molecule has 0 unspecified atom stereocenters. The van der Waals surface area contributed by atoms with Gasteiger partial charge in [-0.3, -0.25) is 4.79 Å². The van der Waals surface area contributed by atoms with Gasteiger partial charge in [0, 0.05) is 31.7 Å². The fraction of sp³-hybridized carbons (Fsp3) is 0.500. The molecule has 0 spiro atoms. The Hall–Kier alpha value is -1.88. The number of nitrogens with one attached hydrogen (secondary N) is 1. The number of ether oxygens (including phenoxy) is 1. The molecule has 0 aromatic carbocycles. The first-order chi connectivity index (χ1) is 10.1. The van der Waals surface area contributed by atoms with Crippen LogP contribution in [-0.4, -0.2) is 28.0 Å². The van der Waals surface area contributed by atoms with E-state index in [1.807, 2.05) is 28.9 Å². The van der Waals surface area contributed by atoms with Crippen LogP contribution in [0.4, 0.5) is 0 Å². The molecule has 3 rings (SSSR count). The van der Waals surface area contributed by atoms with Crippen molar-refractivity contribution >= 4 is 11.6 Å². The van der Waals surface area contributed by atoms with Crippen LogP contribution in [0.3, 0.4) is 0 Å². The number of aromatic nitrogens is 2. The van der Waals surface area contributed by atoms with E-state index in [9.17, 15) is 4.79 Å². The highest BCUT2D eigenvalue weighted by molar-refractivity contribution is 5.81. The second kappa shape index (κ2) is 5.85. The number of carbonyl (C=O) groups is 1. The van der Waals surface area contributed by atoms with Gasteiger partial charge in [-0.2, -0.15) is 0 Å². The normalized spacial score (nSPS) is 22.0. The molecule has 0 radical (unpaired) electrons. The van der Waals surface area contributed by atoms with E-state index in [0.29, 0.717) is 25.0 Å². The van der Waals surface area contributed by atoms with Gasteiger partial charge in [0.15, 0.2) is 0 Å². The predicted molar refractivity (Wildman–Crippen MR) is 79.7 cm³/mol. The summed E-state index contributed by atoms with van der Waals surface area (Å²) in [4.78, 5) is 16.5. The molecule has 1 fully saturated rings. The zero-order chi connectivity index (χ0) is 14.8. The van der Waals surface area contributed by atoms with Crippen molar-refractivity contribution in [1.29, 1.82) is 0 Å². The van der Waals surface area contributed by atoms with Gasteiger partial charge in [0.1, 0.15) is 11.8 Å². The molecule has 2 aromatic rings. The lowest BCUT2D eigenvalue weighted by Gasteiger charge is -2.21. The van der Waals surface area contributed by atoms with Crippen LogP contribution in [0.25, 0.3) is 5.65 Å². The van der Waals surface area contributed by atoms with Crippen LogP contribution in [0, 0.1) is 11.8 Å². The first kappa shape index (κ1) is 14.1. The maximum absolute atomic E-state index is 12.3. The highest BCUT2D eigenvalue weighted by Crippen LogP contribution is 2.28. The Bertz CT molecular complexity index is 635. The van der Waals surface area contributed by atoms with Crippen LogP contribution < -0.4 is 5.32 Å². The van der Waals surface area contributed by atoms with Gasteiger partial charge in [-0.05, 0) is 36.0 Å². The topological polar surface area (TPSA) is 55.6 Å². The Morgan fingerprint density at radius 1 is 1.52 bits per heavy atom. The summed E-state index contributed by atoms with van der Waals surface area (Å²) in [5.41, 5.74) is 1.93. The quantitative estimate of drug-likeness (QED) is 0.936. The van der Waals surface area contributed by atoms with Crippen molar-refractivity contribution in [1.82, 2.24) is 14.7 Å². The molecule has 2 aromatic heterocycles. The van der Waals surface area contributed by atoms with Crippen LogP contribution in [0.1, 0.15) is 25.8 Å². The highest BCUT2D eigenvalue weighted by Gasteiger charge is 2.35. The van der Waals surface area contributed by atoms with Crippen LogP contribution in [0.2, 0.25) is 0 Å². The molecule has 1 saturated heterocycles. The number of carbonyl (C=O) groups excluding carboxylic acids is 1. The highest BCUT2D eigenvalue weighted by atomic mass is 16.5. The monoisotopic (exact) mass is 287 g/mol. The molecule has 3 heterocycles. The lowest BCUT2D eigenvalue weighted by Crippen LogP contribution is -2.39. The van der Waals surface area contributed by atoms with Crippen LogP contribution in [0.15, 0.2) is 30.7 Å². The number of hydrogen-bond acceptors (Lipinski definition) is 3. The summed E-state index contributed by atoms with van der Waals surface area (Å²) in [5, 5.41) is 2.98. The van der Waals surface area contributed by atoms with Gasteiger partial charge in [-0.1, -0.05) is 13.8 Å². The molecule has 5 heteroatoms. The molecule has 1 aliphatic rings. The van der Waals surface area contributed by atoms with E-state index in [4.69, 9.17) is 4.74 Å². The minimum atomic E-state index is -0.305. The molecule has 0 bridgehead atoms. The first-order valence-corrected chi connectivity index (χ1v) is 7.46. The molecule has 21 heavy (non-hydrogen) atoms. The molecule has 1 N–H and O–H groups in total. The molecule has 0 aliphatic carbocycles. The standard InChI is InChI=1S/C16H21N3O2/c1-11(2)13-4-8-21-15(13)16(20)18-10-12-3-6-19-7-5-17-14(19)9-12/h3,5-7,9,11,13,15H,4,8,10H2,1-2H3,(H,18,20)/t13-,15-/m1/s1. The van der Waals surface area contributed by atoms with Crippen molar-refractivity contribution in [3.63, 3.8) is 0 Å². The summed E-state index contributed by atoms with van der Waals surface area (Å²) in [6.45, 7) is 5.48. The van der Waals surface area contributed by atoms with E-state index in [1.54, 1.807) is 6.20 Å². The number of hydrogen-bond donors (Lipinski definition) is 1. The molecular weight excluding hydrogens is 266 g/mol. The summed E-state index contributed by atoms with van der Waals surface area (Å²) >= 11 is 0. The van der Waals surface area contributed by atoms with Gasteiger partial charge >= 0.3 is 0 Å². The van der Waals surface area contributed by atoms with Gasteiger partial charge in [-0.25, -0.2) is 4.98 Å². The Morgan fingerprint density at radius 3 is 3.19 bits per heavy atom. The van der Waals surface area contributed by atoms with Gasteiger partial charge in [0.25, 0.3) is 0 Å². The number of fused-ring (bicyclic) bond motifs is 1. The zero-order valence-electron chi connectivity index (χ0n) is 12.5. The number of pyridine rings is 1. The second-order valence-electron chi connectivity index (χ2n) is 5.93. The lowest BCUT2D eigenvalue weighted by atomic mass is 9.89. The van der Waals surface area contributed by atoms with Crippen molar-refractivity contribution in [2.24, 2.45) is 11.8 Å². The third-order valence-corrected chi connectivity index (χ3v) is 4.18. The van der Waals surface area contributed by atoms with E-state index in [1.165, 1.54) is 0 Å². The van der Waals surface area contributed by atoms with E-state index in [2.05, 4.69) is 24.1 Å². The molecule has 0 saturated carbocycles. The average Bonchev–Trinajstić information content (AvgIpc) is 3.12. The zero-order valence-corrected chi connectivity index (χ0v) is 12.5. The number of rotatable bonds is 4. The Labute approximate surface area is 124 Å². The SMILES string of the molecule is CC(C)[C@H]1CCO[C@H]1C(=O)NCc1ccn2ccnc2c1. The van der Waals surface area contributed by atoms with Crippen molar-refractivity contribution in [2.45, 2.75) is 32.9 Å². The van der Waals surface area contributed by atoms with E-state index in [-0.39, 0.29) is 12.0 Å². The fourth-order valence-electron chi connectivity index (χ4n) is 2.91. The van der Waals surface area contributed by atoms with Crippen molar-refractivity contribution in [3.8, 4) is 0 Å². The fourth-order valence-corrected chi connectivity index (χ4v) is 2.91. The third-order valence-electron chi connectivity index (χ3n) is 4.18. The second-order valence-corrected chi connectivity index (χ2v) is 5.93. The van der Waals surface area contributed by atoms with Gasteiger partial charge in [0.05, 0.1) is 0 Å². The summed E-state index contributed by atoms with van der Waals surface area (Å²) in [6, 6.07) is 3.97. The van der Waals surface area contributed by atoms with E-state index < -0.39 is 0 Å². The van der Waals surface area contributed by atoms with Gasteiger partial charge in [-0.15, -0.1) is 0 Å². The van der Waals surface area contributed by atoms with Gasteiger partial charge in [0.2, 0.25) is 5.91 Å². The van der Waals surface area contributed by atoms with Crippen LogP contribution in [-0.2, 0) is 16.1 Å². The summed E-state index contributed by atoms with van der Waals surface area (Å²) < 4.78 is 7.55. The summed E-state index contributed by atoms with van der Waals surface area (Å²) in [7, 11) is 0. The third kappa shape index (κ3) is 2.93. The number of imidazole rings is 1. The Balaban J connectivity index is 1.62. The van der Waals surface area contributed by atoms with E-state index >= 15 is 0 Å². The number of amides is 1.